The predicted octanol–water partition coefficient (Wildman–Crippen LogP) is 3.01. The number of thiophene rings is 1. The van der Waals surface area contributed by atoms with Gasteiger partial charge in [-0.25, -0.2) is 14.6 Å². The molecule has 0 bridgehead atoms. The van der Waals surface area contributed by atoms with Gasteiger partial charge in [0.15, 0.2) is 5.82 Å². The number of rotatable bonds is 4. The molecule has 1 aliphatic rings. The Hall–Kier alpha value is -3.53. The Morgan fingerprint density at radius 2 is 1.73 bits per heavy atom. The highest BCUT2D eigenvalue weighted by Gasteiger charge is 2.26. The summed E-state index contributed by atoms with van der Waals surface area (Å²) in [6, 6.07) is 9.89. The lowest BCUT2D eigenvalue weighted by molar-refractivity contribution is 0.0735. The second-order valence-corrected chi connectivity index (χ2v) is 9.21. The number of aryl methyl sites for hydroxylation is 4. The second kappa shape index (κ2) is 8.43. The first kappa shape index (κ1) is 21.3. The van der Waals surface area contributed by atoms with Crippen LogP contribution in [0.25, 0.3) is 16.4 Å². The van der Waals surface area contributed by atoms with Crippen molar-refractivity contribution in [3.63, 3.8) is 0 Å². The van der Waals surface area contributed by atoms with Crippen molar-refractivity contribution >= 4 is 23.1 Å². The maximum atomic E-state index is 13.2. The number of carbonyl (C=O) groups is 1. The second-order valence-electron chi connectivity index (χ2n) is 8.27. The van der Waals surface area contributed by atoms with E-state index < -0.39 is 0 Å². The molecule has 0 saturated carbocycles. The van der Waals surface area contributed by atoms with Crippen molar-refractivity contribution in [2.45, 2.75) is 20.8 Å². The Kier molecular flexibility index (Phi) is 5.45. The maximum absolute atomic E-state index is 13.2. The van der Waals surface area contributed by atoms with Crippen LogP contribution in [0.15, 0.2) is 35.7 Å². The molecular formula is C23H26N8OS. The van der Waals surface area contributed by atoms with Gasteiger partial charge in [-0.3, -0.25) is 9.48 Å². The van der Waals surface area contributed by atoms with E-state index in [0.717, 1.165) is 33.6 Å². The highest BCUT2D eigenvalue weighted by molar-refractivity contribution is 7.13. The Morgan fingerprint density at radius 1 is 0.970 bits per heavy atom. The molecule has 0 aliphatic carbocycles. The summed E-state index contributed by atoms with van der Waals surface area (Å²) in [6.07, 6.45) is 0. The molecule has 4 aromatic rings. The largest absolute Gasteiger partial charge is 0.353 e. The molecule has 5 heterocycles. The molecule has 1 saturated heterocycles. The average molecular weight is 463 g/mol. The van der Waals surface area contributed by atoms with Crippen LogP contribution in [0.4, 0.5) is 5.82 Å². The van der Waals surface area contributed by atoms with E-state index in [9.17, 15) is 4.79 Å². The standard InChI is InChI=1S/C23H26N8OS/c1-15-12-16(2)31(26-15)22-14-21(24-17(3)25-22)29-7-9-30(10-8-29)23(32)19-13-18(27-28(19)4)20-6-5-11-33-20/h5-6,11-14H,7-10H2,1-4H3. The van der Waals surface area contributed by atoms with Crippen LogP contribution in [-0.4, -0.2) is 66.5 Å². The summed E-state index contributed by atoms with van der Waals surface area (Å²) in [5, 5.41) is 11.1. The van der Waals surface area contributed by atoms with E-state index in [0.29, 0.717) is 37.7 Å². The van der Waals surface area contributed by atoms with E-state index in [4.69, 9.17) is 0 Å². The molecule has 0 aromatic carbocycles. The van der Waals surface area contributed by atoms with Gasteiger partial charge in [-0.05, 0) is 44.4 Å². The number of anilines is 1. The van der Waals surface area contributed by atoms with Crippen molar-refractivity contribution in [2.75, 3.05) is 31.1 Å². The number of aromatic nitrogens is 6. The van der Waals surface area contributed by atoms with E-state index in [2.05, 4.69) is 25.1 Å². The summed E-state index contributed by atoms with van der Waals surface area (Å²) < 4.78 is 3.53. The van der Waals surface area contributed by atoms with Gasteiger partial charge in [0.1, 0.15) is 23.0 Å². The zero-order chi connectivity index (χ0) is 23.1. The van der Waals surface area contributed by atoms with E-state index in [1.165, 1.54) is 0 Å². The van der Waals surface area contributed by atoms with Gasteiger partial charge in [-0.1, -0.05) is 6.07 Å². The van der Waals surface area contributed by atoms with Gasteiger partial charge in [0, 0.05) is 45.0 Å². The molecule has 9 nitrogen and oxygen atoms in total. The molecule has 0 spiro atoms. The fourth-order valence-electron chi connectivity index (χ4n) is 4.18. The quantitative estimate of drug-likeness (QED) is 0.464. The van der Waals surface area contributed by atoms with Crippen LogP contribution < -0.4 is 4.90 Å². The average Bonchev–Trinajstić information content (AvgIpc) is 3.53. The van der Waals surface area contributed by atoms with E-state index in [-0.39, 0.29) is 5.91 Å². The van der Waals surface area contributed by atoms with Crippen molar-refractivity contribution < 1.29 is 4.79 Å². The number of hydrogen-bond donors (Lipinski definition) is 0. The highest BCUT2D eigenvalue weighted by Crippen LogP contribution is 2.25. The third-order valence-corrected chi connectivity index (χ3v) is 6.69. The van der Waals surface area contributed by atoms with Gasteiger partial charge < -0.3 is 9.80 Å². The van der Waals surface area contributed by atoms with Crippen molar-refractivity contribution in [3.05, 3.63) is 58.6 Å². The molecule has 0 N–H and O–H groups in total. The number of piperazine rings is 1. The molecule has 1 fully saturated rings. The SMILES string of the molecule is Cc1cc(C)n(-c2cc(N3CCN(C(=O)c4cc(-c5cccs5)nn4C)CC3)nc(C)n2)n1. The fourth-order valence-corrected chi connectivity index (χ4v) is 4.86. The molecule has 0 atom stereocenters. The van der Waals surface area contributed by atoms with Gasteiger partial charge in [-0.15, -0.1) is 11.3 Å². The van der Waals surface area contributed by atoms with Crippen molar-refractivity contribution in [3.8, 4) is 16.4 Å². The first-order valence-electron chi connectivity index (χ1n) is 10.9. The molecule has 0 radical (unpaired) electrons. The van der Waals surface area contributed by atoms with Crippen molar-refractivity contribution in [1.82, 2.24) is 34.4 Å². The lowest BCUT2D eigenvalue weighted by Gasteiger charge is -2.35. The van der Waals surface area contributed by atoms with Crippen LogP contribution >= 0.6 is 11.3 Å². The van der Waals surface area contributed by atoms with E-state index in [1.54, 1.807) is 16.0 Å². The fraction of sp³-hybridized carbons (Fsp3) is 0.348. The minimum Gasteiger partial charge on any atom is -0.353 e. The van der Waals surface area contributed by atoms with Crippen molar-refractivity contribution in [2.24, 2.45) is 7.05 Å². The number of carbonyl (C=O) groups excluding carboxylic acids is 1. The minimum atomic E-state index is 0.00894. The monoisotopic (exact) mass is 462 g/mol. The van der Waals surface area contributed by atoms with E-state index in [1.807, 2.05) is 73.1 Å². The van der Waals surface area contributed by atoms with Gasteiger partial charge in [0.2, 0.25) is 0 Å². The van der Waals surface area contributed by atoms with Crippen LogP contribution in [0, 0.1) is 20.8 Å². The van der Waals surface area contributed by atoms with Gasteiger partial charge in [0.05, 0.1) is 10.6 Å². The van der Waals surface area contributed by atoms with Gasteiger partial charge >= 0.3 is 0 Å². The Labute approximate surface area is 196 Å². The van der Waals surface area contributed by atoms with Crippen LogP contribution in [0.1, 0.15) is 27.7 Å². The third-order valence-electron chi connectivity index (χ3n) is 5.80. The first-order valence-corrected chi connectivity index (χ1v) is 11.8. The van der Waals surface area contributed by atoms with Crippen LogP contribution in [-0.2, 0) is 7.05 Å². The number of hydrogen-bond acceptors (Lipinski definition) is 7. The number of nitrogens with zero attached hydrogens (tertiary/aromatic N) is 8. The molecule has 33 heavy (non-hydrogen) atoms. The van der Waals surface area contributed by atoms with Crippen LogP contribution in [0.5, 0.6) is 0 Å². The topological polar surface area (TPSA) is 85.0 Å². The minimum absolute atomic E-state index is 0.00894. The Morgan fingerprint density at radius 3 is 2.39 bits per heavy atom. The molecule has 1 aliphatic heterocycles. The Balaban J connectivity index is 1.31. The molecule has 1 amide bonds. The number of amides is 1. The zero-order valence-corrected chi connectivity index (χ0v) is 20.0. The summed E-state index contributed by atoms with van der Waals surface area (Å²) in [4.78, 5) is 27.6. The lowest BCUT2D eigenvalue weighted by atomic mass is 10.2. The highest BCUT2D eigenvalue weighted by atomic mass is 32.1. The van der Waals surface area contributed by atoms with Gasteiger partial charge in [-0.2, -0.15) is 10.2 Å². The first-order chi connectivity index (χ1) is 15.9. The van der Waals surface area contributed by atoms with Crippen LogP contribution in [0.3, 0.4) is 0 Å². The lowest BCUT2D eigenvalue weighted by Crippen LogP contribution is -2.49. The smallest absolute Gasteiger partial charge is 0.272 e. The third kappa shape index (κ3) is 4.13. The normalized spacial score (nSPS) is 14.2. The predicted molar refractivity (Wildman–Crippen MR) is 128 cm³/mol. The molecule has 170 valence electrons. The van der Waals surface area contributed by atoms with Crippen LogP contribution in [0.2, 0.25) is 0 Å². The molecule has 5 rings (SSSR count). The molecule has 0 unspecified atom stereocenters. The summed E-state index contributed by atoms with van der Waals surface area (Å²) in [5.74, 6) is 2.33. The summed E-state index contributed by atoms with van der Waals surface area (Å²) in [7, 11) is 1.82. The maximum Gasteiger partial charge on any atom is 0.272 e. The van der Waals surface area contributed by atoms with Crippen molar-refractivity contribution in [1.29, 1.82) is 0 Å². The molecular weight excluding hydrogens is 436 g/mol. The summed E-state index contributed by atoms with van der Waals surface area (Å²) in [6.45, 7) is 8.53. The Bertz CT molecular complexity index is 1300. The van der Waals surface area contributed by atoms with E-state index >= 15 is 0 Å². The summed E-state index contributed by atoms with van der Waals surface area (Å²) in [5.41, 5.74) is 3.43. The molecule has 4 aromatic heterocycles. The van der Waals surface area contributed by atoms with Gasteiger partial charge in [0.25, 0.3) is 5.91 Å². The molecule has 10 heteroatoms. The zero-order valence-electron chi connectivity index (χ0n) is 19.2. The summed E-state index contributed by atoms with van der Waals surface area (Å²) >= 11 is 1.62.